The summed E-state index contributed by atoms with van der Waals surface area (Å²) in [6, 6.07) is 7.52. The molecule has 0 saturated heterocycles. The minimum Gasteiger partial charge on any atom is -0.493 e. The second kappa shape index (κ2) is 8.19. The van der Waals surface area contributed by atoms with Crippen LogP contribution in [0.15, 0.2) is 30.5 Å². The fourth-order valence-electron chi connectivity index (χ4n) is 1.87. The van der Waals surface area contributed by atoms with E-state index in [4.69, 9.17) is 21.1 Å². The van der Waals surface area contributed by atoms with Crippen LogP contribution < -0.4 is 14.4 Å². The van der Waals surface area contributed by atoms with Gasteiger partial charge in [-0.2, -0.15) is 0 Å². The van der Waals surface area contributed by atoms with Crippen LogP contribution in [0.2, 0.25) is 5.28 Å². The van der Waals surface area contributed by atoms with Gasteiger partial charge in [-0.3, -0.25) is 0 Å². The molecule has 0 saturated carbocycles. The molecule has 0 unspecified atom stereocenters. The SMILES string of the molecule is COc1ccc(N(C)c2ccnc(Cl)n2)cc1OCCCBr. The zero-order valence-corrected chi connectivity index (χ0v) is 14.8. The molecule has 0 aliphatic carbocycles. The number of hydrogen-bond donors (Lipinski definition) is 0. The number of hydrogen-bond acceptors (Lipinski definition) is 5. The monoisotopic (exact) mass is 385 g/mol. The first-order valence-electron chi connectivity index (χ1n) is 6.74. The molecule has 0 N–H and O–H groups in total. The summed E-state index contributed by atoms with van der Waals surface area (Å²) < 4.78 is 11.1. The van der Waals surface area contributed by atoms with E-state index in [0.717, 1.165) is 17.4 Å². The molecule has 0 fully saturated rings. The van der Waals surface area contributed by atoms with Gasteiger partial charge < -0.3 is 14.4 Å². The van der Waals surface area contributed by atoms with E-state index in [0.29, 0.717) is 23.9 Å². The standard InChI is InChI=1S/C15H17BrClN3O2/c1-20(14-6-8-18-15(17)19-14)11-4-5-12(21-2)13(10-11)22-9-3-7-16/h4-6,8,10H,3,7,9H2,1-2H3. The maximum Gasteiger partial charge on any atom is 0.224 e. The van der Waals surface area contributed by atoms with Gasteiger partial charge in [-0.25, -0.2) is 9.97 Å². The van der Waals surface area contributed by atoms with Crippen molar-refractivity contribution >= 4 is 39.0 Å². The number of aromatic nitrogens is 2. The normalized spacial score (nSPS) is 10.4. The Bertz CT molecular complexity index is 627. The second-order valence-corrected chi connectivity index (χ2v) is 5.60. The van der Waals surface area contributed by atoms with Crippen LogP contribution in [0, 0.1) is 0 Å². The van der Waals surface area contributed by atoms with Gasteiger partial charge in [-0.05, 0) is 36.2 Å². The zero-order valence-electron chi connectivity index (χ0n) is 12.4. The lowest BCUT2D eigenvalue weighted by molar-refractivity contribution is 0.295. The van der Waals surface area contributed by atoms with Gasteiger partial charge in [0, 0.05) is 30.3 Å². The zero-order chi connectivity index (χ0) is 15.9. The lowest BCUT2D eigenvalue weighted by atomic mass is 10.2. The van der Waals surface area contributed by atoms with Crippen LogP contribution in [0.25, 0.3) is 0 Å². The van der Waals surface area contributed by atoms with E-state index in [-0.39, 0.29) is 5.28 Å². The van der Waals surface area contributed by atoms with Gasteiger partial charge in [-0.15, -0.1) is 0 Å². The second-order valence-electron chi connectivity index (χ2n) is 4.47. The molecule has 0 amide bonds. The van der Waals surface area contributed by atoms with E-state index in [2.05, 4.69) is 25.9 Å². The van der Waals surface area contributed by atoms with Gasteiger partial charge in [-0.1, -0.05) is 15.9 Å². The van der Waals surface area contributed by atoms with Crippen LogP contribution in [-0.2, 0) is 0 Å². The highest BCUT2D eigenvalue weighted by Crippen LogP contribution is 2.33. The Labute approximate surface area is 143 Å². The maximum atomic E-state index is 5.84. The predicted molar refractivity (Wildman–Crippen MR) is 92.0 cm³/mol. The first-order valence-corrected chi connectivity index (χ1v) is 8.24. The molecule has 0 aliphatic heterocycles. The van der Waals surface area contributed by atoms with Crippen LogP contribution in [0.1, 0.15) is 6.42 Å². The number of ether oxygens (including phenoxy) is 2. The number of alkyl halides is 1. The number of methoxy groups -OCH3 is 1. The van der Waals surface area contributed by atoms with Crippen molar-refractivity contribution in [1.82, 2.24) is 9.97 Å². The minimum absolute atomic E-state index is 0.214. The molecule has 0 atom stereocenters. The van der Waals surface area contributed by atoms with Crippen molar-refractivity contribution in [1.29, 1.82) is 0 Å². The van der Waals surface area contributed by atoms with E-state index in [1.54, 1.807) is 19.4 Å². The molecule has 118 valence electrons. The van der Waals surface area contributed by atoms with Crippen LogP contribution in [0.4, 0.5) is 11.5 Å². The summed E-state index contributed by atoms with van der Waals surface area (Å²) in [7, 11) is 3.53. The van der Waals surface area contributed by atoms with Gasteiger partial charge in [0.25, 0.3) is 0 Å². The Kier molecular flexibility index (Phi) is 6.27. The third-order valence-electron chi connectivity index (χ3n) is 3.03. The first-order chi connectivity index (χ1) is 10.7. The summed E-state index contributed by atoms with van der Waals surface area (Å²) in [5, 5.41) is 1.11. The van der Waals surface area contributed by atoms with E-state index in [9.17, 15) is 0 Å². The van der Waals surface area contributed by atoms with Crippen molar-refractivity contribution in [2.75, 3.05) is 31.0 Å². The molecule has 1 aromatic heterocycles. The summed E-state index contributed by atoms with van der Waals surface area (Å²) in [5.41, 5.74) is 0.921. The number of halogens is 2. The third kappa shape index (κ3) is 4.24. The lowest BCUT2D eigenvalue weighted by Gasteiger charge is -2.20. The van der Waals surface area contributed by atoms with Gasteiger partial charge in [0.05, 0.1) is 13.7 Å². The number of rotatable bonds is 7. The summed E-state index contributed by atoms with van der Waals surface area (Å²) in [4.78, 5) is 10.00. The number of nitrogens with zero attached hydrogens (tertiary/aromatic N) is 3. The largest absolute Gasteiger partial charge is 0.493 e. The molecule has 22 heavy (non-hydrogen) atoms. The summed E-state index contributed by atoms with van der Waals surface area (Å²) in [5.74, 6) is 2.11. The molecule has 2 rings (SSSR count). The average Bonchev–Trinajstić information content (AvgIpc) is 2.54. The Balaban J connectivity index is 2.25. The Hall–Kier alpha value is -1.53. The molecule has 2 aromatic rings. The summed E-state index contributed by atoms with van der Waals surface area (Å²) in [6.45, 7) is 0.619. The molecule has 1 heterocycles. The van der Waals surface area contributed by atoms with Crippen LogP contribution >= 0.6 is 27.5 Å². The fraction of sp³-hybridized carbons (Fsp3) is 0.333. The Morgan fingerprint density at radius 3 is 2.77 bits per heavy atom. The summed E-state index contributed by atoms with van der Waals surface area (Å²) >= 11 is 9.23. The number of anilines is 2. The Morgan fingerprint density at radius 2 is 2.09 bits per heavy atom. The summed E-state index contributed by atoms with van der Waals surface area (Å²) in [6.07, 6.45) is 2.54. The van der Waals surface area contributed by atoms with Crippen molar-refractivity contribution in [3.63, 3.8) is 0 Å². The van der Waals surface area contributed by atoms with Gasteiger partial charge in [0.2, 0.25) is 5.28 Å². The van der Waals surface area contributed by atoms with Crippen molar-refractivity contribution in [3.05, 3.63) is 35.7 Å². The minimum atomic E-state index is 0.214. The maximum absolute atomic E-state index is 5.84. The molecule has 0 bridgehead atoms. The van der Waals surface area contributed by atoms with Crippen LogP contribution in [-0.4, -0.2) is 36.1 Å². The van der Waals surface area contributed by atoms with Crippen molar-refractivity contribution in [2.24, 2.45) is 0 Å². The van der Waals surface area contributed by atoms with E-state index in [1.807, 2.05) is 30.1 Å². The van der Waals surface area contributed by atoms with Gasteiger partial charge in [0.15, 0.2) is 11.5 Å². The van der Waals surface area contributed by atoms with Crippen LogP contribution in [0.3, 0.4) is 0 Å². The molecule has 0 aliphatic rings. The molecule has 1 aromatic carbocycles. The van der Waals surface area contributed by atoms with Crippen molar-refractivity contribution in [2.45, 2.75) is 6.42 Å². The topological polar surface area (TPSA) is 47.5 Å². The average molecular weight is 387 g/mol. The number of benzene rings is 1. The van der Waals surface area contributed by atoms with Crippen LogP contribution in [0.5, 0.6) is 11.5 Å². The Morgan fingerprint density at radius 1 is 1.27 bits per heavy atom. The smallest absolute Gasteiger partial charge is 0.224 e. The predicted octanol–water partition coefficient (Wildman–Crippen LogP) is 4.07. The highest BCUT2D eigenvalue weighted by atomic mass is 79.9. The highest BCUT2D eigenvalue weighted by Gasteiger charge is 2.11. The highest BCUT2D eigenvalue weighted by molar-refractivity contribution is 9.09. The molecule has 7 heteroatoms. The van der Waals surface area contributed by atoms with Gasteiger partial charge >= 0.3 is 0 Å². The fourth-order valence-corrected chi connectivity index (χ4v) is 2.24. The molecule has 0 radical (unpaired) electrons. The van der Waals surface area contributed by atoms with E-state index >= 15 is 0 Å². The van der Waals surface area contributed by atoms with E-state index < -0.39 is 0 Å². The molecule has 5 nitrogen and oxygen atoms in total. The molecular formula is C15H17BrClN3O2. The quantitative estimate of drug-likeness (QED) is 0.408. The van der Waals surface area contributed by atoms with Gasteiger partial charge in [0.1, 0.15) is 5.82 Å². The third-order valence-corrected chi connectivity index (χ3v) is 3.77. The van der Waals surface area contributed by atoms with Crippen molar-refractivity contribution in [3.8, 4) is 11.5 Å². The molecular weight excluding hydrogens is 370 g/mol. The van der Waals surface area contributed by atoms with E-state index in [1.165, 1.54) is 0 Å². The lowest BCUT2D eigenvalue weighted by Crippen LogP contribution is -2.12. The van der Waals surface area contributed by atoms with Crippen molar-refractivity contribution < 1.29 is 9.47 Å². The first kappa shape index (κ1) is 16.8. The molecule has 0 spiro atoms.